The molecular formula is C16H17ClN2O5S. The van der Waals surface area contributed by atoms with Crippen LogP contribution in [-0.2, 0) is 10.0 Å². The van der Waals surface area contributed by atoms with E-state index in [0.29, 0.717) is 10.7 Å². The molecule has 0 unspecified atom stereocenters. The molecule has 0 aromatic heterocycles. The molecule has 0 aliphatic carbocycles. The van der Waals surface area contributed by atoms with Gasteiger partial charge in [0.25, 0.3) is 10.0 Å². The number of nitrogens with zero attached hydrogens (tertiary/aromatic N) is 1. The second kappa shape index (κ2) is 6.81. The predicted molar refractivity (Wildman–Crippen MR) is 96.4 cm³/mol. The molecule has 0 amide bonds. The van der Waals surface area contributed by atoms with Crippen molar-refractivity contribution in [2.24, 2.45) is 0 Å². The number of carbonyl (C=O) groups is 1. The second-order valence-electron chi connectivity index (χ2n) is 5.58. The zero-order chi connectivity index (χ0) is 18.9. The minimum Gasteiger partial charge on any atom is -0.507 e. The predicted octanol–water partition coefficient (Wildman–Crippen LogP) is 2.92. The van der Waals surface area contributed by atoms with Gasteiger partial charge in [0.1, 0.15) is 11.3 Å². The molecule has 0 spiro atoms. The Balaban J connectivity index is 2.57. The molecule has 0 radical (unpaired) electrons. The Morgan fingerprint density at radius 3 is 2.44 bits per heavy atom. The van der Waals surface area contributed by atoms with Gasteiger partial charge in [-0.25, -0.2) is 13.2 Å². The number of benzene rings is 2. The SMILES string of the molecule is Cc1cc(O)c(C(=O)O)cc1S(=O)(=O)Nc1cccc(Cl)c1N(C)C. The highest BCUT2D eigenvalue weighted by molar-refractivity contribution is 7.92. The van der Waals surface area contributed by atoms with Gasteiger partial charge < -0.3 is 15.1 Å². The first-order valence-corrected chi connectivity index (χ1v) is 8.96. The summed E-state index contributed by atoms with van der Waals surface area (Å²) in [5, 5.41) is 19.1. The standard InChI is InChI=1S/C16H17ClN2O5S/c1-9-7-13(20)10(16(21)22)8-14(9)25(23,24)18-12-6-4-5-11(17)15(12)19(2)3/h4-8,18,20H,1-3H3,(H,21,22). The van der Waals surface area contributed by atoms with E-state index in [0.717, 1.165) is 12.1 Å². The van der Waals surface area contributed by atoms with Crippen LogP contribution in [0.3, 0.4) is 0 Å². The number of sulfonamides is 1. The quantitative estimate of drug-likeness (QED) is 0.731. The van der Waals surface area contributed by atoms with E-state index in [1.165, 1.54) is 6.92 Å². The molecule has 0 atom stereocenters. The summed E-state index contributed by atoms with van der Waals surface area (Å²) < 4.78 is 27.9. The lowest BCUT2D eigenvalue weighted by Gasteiger charge is -2.20. The fourth-order valence-corrected chi connectivity index (χ4v) is 4.05. The van der Waals surface area contributed by atoms with E-state index >= 15 is 0 Å². The molecule has 3 N–H and O–H groups in total. The van der Waals surface area contributed by atoms with Gasteiger partial charge in [-0.15, -0.1) is 0 Å². The zero-order valence-electron chi connectivity index (χ0n) is 13.7. The van der Waals surface area contributed by atoms with E-state index < -0.39 is 27.3 Å². The van der Waals surface area contributed by atoms with Gasteiger partial charge in [0.05, 0.1) is 21.3 Å². The molecule has 0 heterocycles. The fourth-order valence-electron chi connectivity index (χ4n) is 2.39. The molecule has 2 aromatic carbocycles. The van der Waals surface area contributed by atoms with E-state index in [1.54, 1.807) is 37.2 Å². The summed E-state index contributed by atoms with van der Waals surface area (Å²) >= 11 is 6.13. The van der Waals surface area contributed by atoms with Gasteiger partial charge in [-0.3, -0.25) is 4.72 Å². The van der Waals surface area contributed by atoms with Crippen molar-refractivity contribution in [1.82, 2.24) is 0 Å². The molecule has 0 fully saturated rings. The first-order valence-electron chi connectivity index (χ1n) is 7.10. The maximum atomic E-state index is 12.7. The molecule has 2 rings (SSSR count). The van der Waals surface area contributed by atoms with Crippen LogP contribution in [0.25, 0.3) is 0 Å². The average molecular weight is 385 g/mol. The average Bonchev–Trinajstić information content (AvgIpc) is 2.45. The number of carboxylic acid groups (broad SMARTS) is 1. The molecule has 134 valence electrons. The Kier molecular flexibility index (Phi) is 5.15. The number of rotatable bonds is 5. The van der Waals surface area contributed by atoms with Gasteiger partial charge in [-0.2, -0.15) is 0 Å². The maximum absolute atomic E-state index is 12.7. The van der Waals surface area contributed by atoms with Crippen molar-refractivity contribution in [1.29, 1.82) is 0 Å². The van der Waals surface area contributed by atoms with Crippen molar-refractivity contribution < 1.29 is 23.4 Å². The van der Waals surface area contributed by atoms with E-state index in [1.807, 2.05) is 0 Å². The Morgan fingerprint density at radius 2 is 1.88 bits per heavy atom. The molecule has 0 aliphatic heterocycles. The van der Waals surface area contributed by atoms with Crippen LogP contribution in [-0.4, -0.2) is 38.7 Å². The number of phenols is 1. The highest BCUT2D eigenvalue weighted by Crippen LogP contribution is 2.34. The van der Waals surface area contributed by atoms with Crippen LogP contribution in [0, 0.1) is 6.92 Å². The summed E-state index contributed by atoms with van der Waals surface area (Å²) in [6.07, 6.45) is 0. The zero-order valence-corrected chi connectivity index (χ0v) is 15.3. The third kappa shape index (κ3) is 3.80. The van der Waals surface area contributed by atoms with Gasteiger partial charge in [0.2, 0.25) is 0 Å². The van der Waals surface area contributed by atoms with Crippen LogP contribution in [0.5, 0.6) is 5.75 Å². The third-order valence-electron chi connectivity index (χ3n) is 3.49. The lowest BCUT2D eigenvalue weighted by Crippen LogP contribution is -2.18. The van der Waals surface area contributed by atoms with Gasteiger partial charge in [-0.1, -0.05) is 17.7 Å². The van der Waals surface area contributed by atoms with E-state index in [-0.39, 0.29) is 16.1 Å². The third-order valence-corrected chi connectivity index (χ3v) is 5.30. The number of hydrogen-bond donors (Lipinski definition) is 3. The summed E-state index contributed by atoms with van der Waals surface area (Å²) in [7, 11) is -0.668. The smallest absolute Gasteiger partial charge is 0.339 e. The van der Waals surface area contributed by atoms with Gasteiger partial charge in [0, 0.05) is 14.1 Å². The minimum absolute atomic E-state index is 0.212. The van der Waals surface area contributed by atoms with Crippen molar-refractivity contribution in [2.45, 2.75) is 11.8 Å². The molecule has 0 bridgehead atoms. The molecule has 0 saturated carbocycles. The van der Waals surface area contributed by atoms with E-state index in [9.17, 15) is 18.3 Å². The summed E-state index contributed by atoms with van der Waals surface area (Å²) in [6.45, 7) is 1.46. The van der Waals surface area contributed by atoms with Crippen LogP contribution in [0.2, 0.25) is 5.02 Å². The number of carboxylic acids is 1. The van der Waals surface area contributed by atoms with Crippen LogP contribution in [0.4, 0.5) is 11.4 Å². The molecule has 9 heteroatoms. The van der Waals surface area contributed by atoms with Gasteiger partial charge >= 0.3 is 5.97 Å². The van der Waals surface area contributed by atoms with E-state index in [2.05, 4.69) is 4.72 Å². The first-order chi connectivity index (χ1) is 11.5. The number of aromatic carboxylic acids is 1. The Morgan fingerprint density at radius 1 is 1.24 bits per heavy atom. The van der Waals surface area contributed by atoms with Crippen LogP contribution < -0.4 is 9.62 Å². The molecule has 7 nitrogen and oxygen atoms in total. The molecule has 0 saturated heterocycles. The number of nitrogens with one attached hydrogen (secondary N) is 1. The molecule has 25 heavy (non-hydrogen) atoms. The number of anilines is 2. The second-order valence-corrected chi connectivity index (χ2v) is 7.63. The Hall–Kier alpha value is -2.45. The minimum atomic E-state index is -4.10. The van der Waals surface area contributed by atoms with Crippen molar-refractivity contribution >= 4 is 39.0 Å². The maximum Gasteiger partial charge on any atom is 0.339 e. The summed E-state index contributed by atoms with van der Waals surface area (Å²) in [5.41, 5.74) is 0.442. The molecule has 0 aliphatic rings. The number of aromatic hydroxyl groups is 1. The largest absolute Gasteiger partial charge is 0.507 e. The monoisotopic (exact) mass is 384 g/mol. The summed E-state index contributed by atoms with van der Waals surface area (Å²) in [4.78, 5) is 12.6. The lowest BCUT2D eigenvalue weighted by molar-refractivity contribution is 0.0693. The van der Waals surface area contributed by atoms with Gasteiger partial charge in [0.15, 0.2) is 0 Å². The van der Waals surface area contributed by atoms with Crippen molar-refractivity contribution in [3.63, 3.8) is 0 Å². The van der Waals surface area contributed by atoms with Gasteiger partial charge in [-0.05, 0) is 36.8 Å². The molecule has 2 aromatic rings. The Labute approximate surface area is 150 Å². The summed E-state index contributed by atoms with van der Waals surface area (Å²) in [5.74, 6) is -1.92. The highest BCUT2D eigenvalue weighted by Gasteiger charge is 2.23. The van der Waals surface area contributed by atoms with Crippen LogP contribution >= 0.6 is 11.6 Å². The Bertz CT molecular complexity index is 942. The number of hydrogen-bond acceptors (Lipinski definition) is 5. The van der Waals surface area contributed by atoms with Crippen molar-refractivity contribution in [3.8, 4) is 5.75 Å². The summed E-state index contributed by atoms with van der Waals surface area (Å²) in [6, 6.07) is 6.80. The fraction of sp³-hybridized carbons (Fsp3) is 0.188. The number of para-hydroxylation sites is 1. The topological polar surface area (TPSA) is 107 Å². The molecular weight excluding hydrogens is 368 g/mol. The number of aryl methyl sites for hydroxylation is 1. The lowest BCUT2D eigenvalue weighted by atomic mass is 10.1. The van der Waals surface area contributed by atoms with Crippen LogP contribution in [0.1, 0.15) is 15.9 Å². The van der Waals surface area contributed by atoms with Crippen LogP contribution in [0.15, 0.2) is 35.2 Å². The van der Waals surface area contributed by atoms with E-state index in [4.69, 9.17) is 16.7 Å². The first kappa shape index (κ1) is 18.9. The number of halogens is 1. The normalized spacial score (nSPS) is 11.2. The van der Waals surface area contributed by atoms with Crippen molar-refractivity contribution in [3.05, 3.63) is 46.5 Å². The highest BCUT2D eigenvalue weighted by atomic mass is 35.5. The van der Waals surface area contributed by atoms with Crippen molar-refractivity contribution in [2.75, 3.05) is 23.7 Å².